The fraction of sp³-hybridized carbons (Fsp3) is 0.417. The van der Waals surface area contributed by atoms with E-state index in [4.69, 9.17) is 4.74 Å². The molecule has 0 bridgehead atoms. The fourth-order valence-corrected chi connectivity index (χ4v) is 4.02. The molecule has 1 aliphatic heterocycles. The summed E-state index contributed by atoms with van der Waals surface area (Å²) in [5, 5.41) is 22.3. The minimum atomic E-state index is -0.965. The van der Waals surface area contributed by atoms with Crippen LogP contribution in [0.15, 0.2) is 42.5 Å². The summed E-state index contributed by atoms with van der Waals surface area (Å²) in [6.07, 6.45) is -0.0386. The summed E-state index contributed by atoms with van der Waals surface area (Å²) >= 11 is 0. The van der Waals surface area contributed by atoms with Gasteiger partial charge in [-0.2, -0.15) is 0 Å². The Morgan fingerprint density at radius 3 is 2.52 bits per heavy atom. The Morgan fingerprint density at radius 2 is 1.90 bits per heavy atom. The Morgan fingerprint density at radius 1 is 1.19 bits per heavy atom. The van der Waals surface area contributed by atoms with Crippen molar-refractivity contribution in [2.24, 2.45) is 5.92 Å². The van der Waals surface area contributed by atoms with Crippen molar-refractivity contribution in [2.45, 2.75) is 45.2 Å². The van der Waals surface area contributed by atoms with Crippen LogP contribution in [0.1, 0.15) is 55.3 Å². The first-order valence-corrected chi connectivity index (χ1v) is 10.5. The summed E-state index contributed by atoms with van der Waals surface area (Å²) in [6.45, 7) is 4.85. The summed E-state index contributed by atoms with van der Waals surface area (Å²) in [4.78, 5) is 26.0. The second kappa shape index (κ2) is 9.73. The van der Waals surface area contributed by atoms with E-state index in [1.165, 1.54) is 23.6 Å². The molecule has 1 heterocycles. The number of amides is 2. The fourth-order valence-electron chi connectivity index (χ4n) is 4.02. The number of ether oxygens (including phenoxy) is 1. The second-order valence-corrected chi connectivity index (χ2v) is 8.26. The van der Waals surface area contributed by atoms with E-state index in [1.807, 2.05) is 24.3 Å². The molecule has 0 saturated carbocycles. The molecule has 166 valence electrons. The lowest BCUT2D eigenvalue weighted by Gasteiger charge is -2.37. The van der Waals surface area contributed by atoms with Crippen molar-refractivity contribution in [1.82, 2.24) is 10.2 Å². The van der Waals surface area contributed by atoms with Crippen molar-refractivity contribution in [1.29, 1.82) is 0 Å². The normalized spacial score (nSPS) is 18.6. The molecular weight excluding hydrogens is 396 g/mol. The number of aromatic hydroxyl groups is 1. The molecule has 1 aliphatic rings. The second-order valence-electron chi connectivity index (χ2n) is 8.26. The molecule has 2 aromatic rings. The highest BCUT2D eigenvalue weighted by molar-refractivity contribution is 5.79. The number of nitrogens with one attached hydrogen (secondary N) is 1. The molecule has 3 N–H and O–H groups in total. The Hall–Kier alpha value is -3.22. The lowest BCUT2D eigenvalue weighted by atomic mass is 9.86. The van der Waals surface area contributed by atoms with Crippen LogP contribution in [0.25, 0.3) is 0 Å². The third-order valence-electron chi connectivity index (χ3n) is 5.92. The molecular formula is C24H30N2O5. The van der Waals surface area contributed by atoms with E-state index in [-0.39, 0.29) is 23.6 Å². The van der Waals surface area contributed by atoms with E-state index in [0.717, 1.165) is 11.1 Å². The number of methoxy groups -OCH3 is 1. The lowest BCUT2D eigenvalue weighted by Crippen LogP contribution is -2.44. The SMILES string of the molecule is COc1cc(CNC(=O)C2CCN(C(=O)O)C(c3ccc(C(C)C)cc3)C2)ccc1O. The maximum atomic E-state index is 12.8. The highest BCUT2D eigenvalue weighted by Crippen LogP contribution is 2.35. The van der Waals surface area contributed by atoms with E-state index in [0.29, 0.717) is 37.6 Å². The molecule has 0 aliphatic carbocycles. The third-order valence-corrected chi connectivity index (χ3v) is 5.92. The smallest absolute Gasteiger partial charge is 0.407 e. The van der Waals surface area contributed by atoms with Crippen molar-refractivity contribution < 1.29 is 24.5 Å². The van der Waals surface area contributed by atoms with Crippen LogP contribution in [0.3, 0.4) is 0 Å². The van der Waals surface area contributed by atoms with Gasteiger partial charge >= 0.3 is 6.09 Å². The average molecular weight is 427 g/mol. The molecule has 1 fully saturated rings. The number of carboxylic acid groups (broad SMARTS) is 1. The highest BCUT2D eigenvalue weighted by atomic mass is 16.5. The van der Waals surface area contributed by atoms with Crippen molar-refractivity contribution in [3.05, 3.63) is 59.2 Å². The molecule has 1 saturated heterocycles. The number of carbonyl (C=O) groups is 2. The van der Waals surface area contributed by atoms with Gasteiger partial charge in [-0.25, -0.2) is 4.79 Å². The van der Waals surface area contributed by atoms with Crippen LogP contribution >= 0.6 is 0 Å². The van der Waals surface area contributed by atoms with Gasteiger partial charge in [-0.3, -0.25) is 4.79 Å². The summed E-state index contributed by atoms with van der Waals surface area (Å²) in [5.41, 5.74) is 2.92. The standard InChI is InChI=1S/C24H30N2O5/c1-15(2)17-5-7-18(8-6-17)20-13-19(10-11-26(20)24(29)30)23(28)25-14-16-4-9-21(27)22(12-16)31-3/h4-9,12,15,19-20,27H,10-11,13-14H2,1-3H3,(H,25,28)(H,29,30). The van der Waals surface area contributed by atoms with Crippen LogP contribution < -0.4 is 10.1 Å². The number of hydrogen-bond acceptors (Lipinski definition) is 4. The molecule has 2 unspecified atom stereocenters. The average Bonchev–Trinajstić information content (AvgIpc) is 2.77. The van der Waals surface area contributed by atoms with Crippen molar-refractivity contribution >= 4 is 12.0 Å². The van der Waals surface area contributed by atoms with Crippen LogP contribution in [-0.2, 0) is 11.3 Å². The minimum Gasteiger partial charge on any atom is -0.504 e. The van der Waals surface area contributed by atoms with Crippen molar-refractivity contribution in [3.63, 3.8) is 0 Å². The molecule has 2 aromatic carbocycles. The first-order chi connectivity index (χ1) is 14.8. The largest absolute Gasteiger partial charge is 0.504 e. The van der Waals surface area contributed by atoms with Gasteiger partial charge in [0, 0.05) is 19.0 Å². The first-order valence-electron chi connectivity index (χ1n) is 10.5. The lowest BCUT2D eigenvalue weighted by molar-refractivity contribution is -0.127. The Balaban J connectivity index is 1.69. The third kappa shape index (κ3) is 5.29. The number of nitrogens with zero attached hydrogens (tertiary/aromatic N) is 1. The van der Waals surface area contributed by atoms with Gasteiger partial charge in [0.2, 0.25) is 5.91 Å². The number of likely N-dealkylation sites (tertiary alicyclic amines) is 1. The Kier molecular flexibility index (Phi) is 7.05. The van der Waals surface area contributed by atoms with E-state index in [1.54, 1.807) is 12.1 Å². The summed E-state index contributed by atoms with van der Waals surface area (Å²) < 4.78 is 5.11. The molecule has 3 rings (SSSR count). The summed E-state index contributed by atoms with van der Waals surface area (Å²) in [5.74, 6) is 0.426. The Bertz CT molecular complexity index is 926. The predicted octanol–water partition coefficient (Wildman–Crippen LogP) is 4.27. The van der Waals surface area contributed by atoms with Crippen molar-refractivity contribution in [3.8, 4) is 11.5 Å². The van der Waals surface area contributed by atoms with Gasteiger partial charge in [-0.15, -0.1) is 0 Å². The minimum absolute atomic E-state index is 0.0462. The monoisotopic (exact) mass is 426 g/mol. The maximum absolute atomic E-state index is 12.8. The Labute approximate surface area is 182 Å². The number of rotatable bonds is 6. The molecule has 2 amide bonds. The molecule has 2 atom stereocenters. The van der Waals surface area contributed by atoms with Crippen LogP contribution in [-0.4, -0.2) is 40.8 Å². The summed E-state index contributed by atoms with van der Waals surface area (Å²) in [7, 11) is 1.47. The molecule has 0 aromatic heterocycles. The topological polar surface area (TPSA) is 99.1 Å². The summed E-state index contributed by atoms with van der Waals surface area (Å²) in [6, 6.07) is 12.6. The van der Waals surface area contributed by atoms with Crippen LogP contribution in [0.2, 0.25) is 0 Å². The number of carbonyl (C=O) groups excluding carboxylic acids is 1. The predicted molar refractivity (Wildman–Crippen MR) is 117 cm³/mol. The van der Waals surface area contributed by atoms with Gasteiger partial charge in [0.25, 0.3) is 0 Å². The van der Waals surface area contributed by atoms with Gasteiger partial charge < -0.3 is 25.2 Å². The highest BCUT2D eigenvalue weighted by Gasteiger charge is 2.35. The zero-order valence-electron chi connectivity index (χ0n) is 18.2. The molecule has 31 heavy (non-hydrogen) atoms. The van der Waals surface area contributed by atoms with Crippen LogP contribution in [0.5, 0.6) is 11.5 Å². The number of benzene rings is 2. The molecule has 7 nitrogen and oxygen atoms in total. The number of hydrogen-bond donors (Lipinski definition) is 3. The van der Waals surface area contributed by atoms with E-state index in [2.05, 4.69) is 19.2 Å². The van der Waals surface area contributed by atoms with E-state index >= 15 is 0 Å². The van der Waals surface area contributed by atoms with E-state index in [9.17, 15) is 19.8 Å². The van der Waals surface area contributed by atoms with Gasteiger partial charge in [-0.05, 0) is 47.6 Å². The zero-order chi connectivity index (χ0) is 22.5. The van der Waals surface area contributed by atoms with Gasteiger partial charge in [-0.1, -0.05) is 44.2 Å². The van der Waals surface area contributed by atoms with Crippen molar-refractivity contribution in [2.75, 3.05) is 13.7 Å². The molecule has 0 spiro atoms. The quantitative estimate of drug-likeness (QED) is 0.641. The van der Waals surface area contributed by atoms with E-state index < -0.39 is 6.09 Å². The van der Waals surface area contributed by atoms with Crippen LogP contribution in [0, 0.1) is 5.92 Å². The van der Waals surface area contributed by atoms with Crippen LogP contribution in [0.4, 0.5) is 4.79 Å². The number of piperidine rings is 1. The van der Waals surface area contributed by atoms with Gasteiger partial charge in [0.15, 0.2) is 11.5 Å². The van der Waals surface area contributed by atoms with Gasteiger partial charge in [0.05, 0.1) is 13.2 Å². The zero-order valence-corrected chi connectivity index (χ0v) is 18.2. The first kappa shape index (κ1) is 22.5. The maximum Gasteiger partial charge on any atom is 0.407 e. The molecule has 0 radical (unpaired) electrons. The molecule has 7 heteroatoms. The van der Waals surface area contributed by atoms with Gasteiger partial charge in [0.1, 0.15) is 0 Å². The number of phenols is 1. The number of phenolic OH excluding ortho intramolecular Hbond substituents is 1.